The quantitative estimate of drug-likeness (QED) is 0.626. The first-order valence-electron chi connectivity index (χ1n) is 9.13. The van der Waals surface area contributed by atoms with Gasteiger partial charge in [-0.25, -0.2) is 4.79 Å². The molecule has 1 amide bonds. The average Bonchev–Trinajstić information content (AvgIpc) is 2.76. The Kier molecular flexibility index (Phi) is 6.58. The van der Waals surface area contributed by atoms with Gasteiger partial charge in [-0.05, 0) is 34.0 Å². The van der Waals surface area contributed by atoms with Crippen LogP contribution in [0.4, 0.5) is 0 Å². The van der Waals surface area contributed by atoms with Crippen molar-refractivity contribution in [2.75, 3.05) is 13.7 Å². The first-order valence-corrected chi connectivity index (χ1v) is 9.13. The van der Waals surface area contributed by atoms with Crippen LogP contribution in [0.15, 0.2) is 66.7 Å². The topological polar surface area (TPSA) is 81.7 Å². The van der Waals surface area contributed by atoms with E-state index in [1.807, 2.05) is 42.5 Å². The van der Waals surface area contributed by atoms with Crippen LogP contribution in [-0.4, -0.2) is 31.5 Å². The Morgan fingerprint density at radius 2 is 1.69 bits per heavy atom. The molecule has 0 aliphatic heterocycles. The highest BCUT2D eigenvalue weighted by atomic mass is 16.5. The van der Waals surface area contributed by atoms with Crippen molar-refractivity contribution in [1.29, 1.82) is 0 Å². The highest BCUT2D eigenvalue weighted by Crippen LogP contribution is 2.18. The van der Waals surface area contributed by atoms with Gasteiger partial charge < -0.3 is 14.8 Å². The Balaban J connectivity index is 1.49. The molecule has 3 aromatic rings. The van der Waals surface area contributed by atoms with Crippen LogP contribution in [0.25, 0.3) is 10.8 Å². The molecule has 0 saturated heterocycles. The number of nitrogens with one attached hydrogen (secondary N) is 1. The zero-order valence-corrected chi connectivity index (χ0v) is 16.0. The van der Waals surface area contributed by atoms with Crippen LogP contribution >= 0.6 is 0 Å². The summed E-state index contributed by atoms with van der Waals surface area (Å²) in [5, 5.41) is 4.66. The number of esters is 2. The maximum absolute atomic E-state index is 12.2. The molecule has 0 saturated carbocycles. The van der Waals surface area contributed by atoms with E-state index >= 15 is 0 Å². The molecule has 0 fully saturated rings. The van der Waals surface area contributed by atoms with E-state index in [1.54, 1.807) is 24.3 Å². The van der Waals surface area contributed by atoms with Gasteiger partial charge in [-0.2, -0.15) is 0 Å². The zero-order chi connectivity index (χ0) is 20.6. The van der Waals surface area contributed by atoms with Crippen molar-refractivity contribution in [1.82, 2.24) is 5.32 Å². The fraction of sp³-hybridized carbons (Fsp3) is 0.174. The van der Waals surface area contributed by atoms with Gasteiger partial charge in [-0.3, -0.25) is 9.59 Å². The van der Waals surface area contributed by atoms with Gasteiger partial charge in [-0.15, -0.1) is 0 Å². The third-order valence-electron chi connectivity index (χ3n) is 4.41. The number of methoxy groups -OCH3 is 1. The molecular formula is C23H21NO5. The number of benzene rings is 3. The third kappa shape index (κ3) is 5.42. The van der Waals surface area contributed by atoms with Gasteiger partial charge in [0.05, 0.1) is 19.1 Å². The summed E-state index contributed by atoms with van der Waals surface area (Å²) in [5.74, 6) is -1.27. The van der Waals surface area contributed by atoms with Crippen molar-refractivity contribution in [2.24, 2.45) is 0 Å². The van der Waals surface area contributed by atoms with Gasteiger partial charge >= 0.3 is 11.9 Å². The number of rotatable bonds is 7. The monoisotopic (exact) mass is 391 g/mol. The number of hydrogen-bond donors (Lipinski definition) is 1. The lowest BCUT2D eigenvalue weighted by molar-refractivity contribution is -0.145. The molecule has 148 valence electrons. The zero-order valence-electron chi connectivity index (χ0n) is 16.0. The van der Waals surface area contributed by atoms with Crippen LogP contribution in [0.5, 0.6) is 0 Å². The fourth-order valence-electron chi connectivity index (χ4n) is 2.97. The molecule has 0 radical (unpaired) electrons. The molecule has 0 unspecified atom stereocenters. The van der Waals surface area contributed by atoms with Crippen molar-refractivity contribution in [2.45, 2.75) is 13.0 Å². The molecule has 6 heteroatoms. The van der Waals surface area contributed by atoms with Crippen LogP contribution in [0.1, 0.15) is 21.5 Å². The van der Waals surface area contributed by atoms with Gasteiger partial charge in [0, 0.05) is 0 Å². The fourth-order valence-corrected chi connectivity index (χ4v) is 2.97. The molecule has 0 aliphatic carbocycles. The van der Waals surface area contributed by atoms with E-state index in [0.717, 1.165) is 16.3 Å². The molecule has 0 aliphatic rings. The van der Waals surface area contributed by atoms with Crippen LogP contribution in [0.2, 0.25) is 0 Å². The molecule has 0 spiro atoms. The summed E-state index contributed by atoms with van der Waals surface area (Å²) in [6.07, 6.45) is 0.176. The van der Waals surface area contributed by atoms with Crippen molar-refractivity contribution in [3.05, 3.63) is 83.4 Å². The van der Waals surface area contributed by atoms with E-state index in [0.29, 0.717) is 11.1 Å². The predicted octanol–water partition coefficient (Wildman–Crippen LogP) is 3.03. The second-order valence-corrected chi connectivity index (χ2v) is 6.44. The first kappa shape index (κ1) is 20.1. The normalized spacial score (nSPS) is 10.4. The SMILES string of the molecule is COC(=O)c1cccc(COC(=O)CNC(=O)Cc2cccc3ccccc23)c1. The highest BCUT2D eigenvalue weighted by molar-refractivity contribution is 5.91. The Labute approximate surface area is 168 Å². The minimum Gasteiger partial charge on any atom is -0.465 e. The van der Waals surface area contributed by atoms with Crippen LogP contribution in [0.3, 0.4) is 0 Å². The predicted molar refractivity (Wildman–Crippen MR) is 108 cm³/mol. The highest BCUT2D eigenvalue weighted by Gasteiger charge is 2.11. The van der Waals surface area contributed by atoms with Gasteiger partial charge in [0.1, 0.15) is 13.2 Å². The van der Waals surface area contributed by atoms with E-state index < -0.39 is 11.9 Å². The molecule has 3 aromatic carbocycles. The Hall–Kier alpha value is -3.67. The van der Waals surface area contributed by atoms with E-state index in [4.69, 9.17) is 4.74 Å². The number of carbonyl (C=O) groups is 3. The minimum atomic E-state index is -0.556. The van der Waals surface area contributed by atoms with E-state index in [-0.39, 0.29) is 25.5 Å². The molecule has 0 atom stereocenters. The number of amides is 1. The Morgan fingerprint density at radius 1 is 0.931 bits per heavy atom. The Bertz CT molecular complexity index is 1040. The van der Waals surface area contributed by atoms with Crippen molar-refractivity contribution < 1.29 is 23.9 Å². The largest absolute Gasteiger partial charge is 0.465 e. The second-order valence-electron chi connectivity index (χ2n) is 6.44. The molecule has 29 heavy (non-hydrogen) atoms. The lowest BCUT2D eigenvalue weighted by Gasteiger charge is -2.09. The van der Waals surface area contributed by atoms with Crippen LogP contribution < -0.4 is 5.32 Å². The summed E-state index contributed by atoms with van der Waals surface area (Å²) in [7, 11) is 1.30. The van der Waals surface area contributed by atoms with E-state index in [9.17, 15) is 14.4 Å². The summed E-state index contributed by atoms with van der Waals surface area (Å²) >= 11 is 0. The number of hydrogen-bond acceptors (Lipinski definition) is 5. The molecule has 0 heterocycles. The molecule has 1 N–H and O–H groups in total. The van der Waals surface area contributed by atoms with Gasteiger partial charge in [0.25, 0.3) is 0 Å². The third-order valence-corrected chi connectivity index (χ3v) is 4.41. The minimum absolute atomic E-state index is 0.00284. The Morgan fingerprint density at radius 3 is 2.52 bits per heavy atom. The molecule has 6 nitrogen and oxygen atoms in total. The molecular weight excluding hydrogens is 370 g/mol. The standard InChI is InChI=1S/C23H21NO5/c1-28-23(27)19-10-4-6-16(12-19)15-29-22(26)14-24-21(25)13-18-9-5-8-17-7-2-3-11-20(17)18/h2-12H,13-15H2,1H3,(H,24,25). The van der Waals surface area contributed by atoms with Crippen molar-refractivity contribution >= 4 is 28.6 Å². The van der Waals surface area contributed by atoms with E-state index in [2.05, 4.69) is 10.1 Å². The summed E-state index contributed by atoms with van der Waals surface area (Å²) in [6.45, 7) is -0.219. The number of fused-ring (bicyclic) bond motifs is 1. The summed E-state index contributed by atoms with van der Waals surface area (Å²) in [4.78, 5) is 35.7. The smallest absolute Gasteiger partial charge is 0.337 e. The van der Waals surface area contributed by atoms with Crippen LogP contribution in [0, 0.1) is 0 Å². The number of carbonyl (C=O) groups excluding carboxylic acids is 3. The van der Waals surface area contributed by atoms with Gasteiger partial charge in [-0.1, -0.05) is 54.6 Å². The maximum Gasteiger partial charge on any atom is 0.337 e. The van der Waals surface area contributed by atoms with E-state index in [1.165, 1.54) is 7.11 Å². The van der Waals surface area contributed by atoms with Crippen LogP contribution in [-0.2, 0) is 32.1 Å². The molecule has 0 bridgehead atoms. The molecule has 0 aromatic heterocycles. The summed E-state index contributed by atoms with van der Waals surface area (Å²) < 4.78 is 9.82. The second kappa shape index (κ2) is 9.50. The average molecular weight is 391 g/mol. The van der Waals surface area contributed by atoms with Gasteiger partial charge in [0.2, 0.25) is 5.91 Å². The van der Waals surface area contributed by atoms with Crippen molar-refractivity contribution in [3.8, 4) is 0 Å². The number of ether oxygens (including phenoxy) is 2. The lowest BCUT2D eigenvalue weighted by atomic mass is 10.0. The molecule has 3 rings (SSSR count). The first-order chi connectivity index (χ1) is 14.1. The summed E-state index contributed by atoms with van der Waals surface area (Å²) in [6, 6.07) is 20.2. The lowest BCUT2D eigenvalue weighted by Crippen LogP contribution is -2.31. The maximum atomic E-state index is 12.2. The van der Waals surface area contributed by atoms with Gasteiger partial charge in [0.15, 0.2) is 0 Å². The van der Waals surface area contributed by atoms with Crippen molar-refractivity contribution in [3.63, 3.8) is 0 Å². The summed E-state index contributed by atoms with van der Waals surface area (Å²) in [5.41, 5.74) is 1.93.